The fourth-order valence-electron chi connectivity index (χ4n) is 1.71. The number of carboxylic acids is 1. The molecule has 1 fully saturated rings. The highest BCUT2D eigenvalue weighted by molar-refractivity contribution is 6.22. The van der Waals surface area contributed by atoms with Crippen LogP contribution in [0.5, 0.6) is 0 Å². The molecule has 1 heterocycles. The van der Waals surface area contributed by atoms with Crippen LogP contribution in [0.1, 0.15) is 26.7 Å². The Kier molecular flexibility index (Phi) is 3.04. The van der Waals surface area contributed by atoms with E-state index in [-0.39, 0.29) is 17.7 Å². The predicted octanol–water partition coefficient (Wildman–Crippen LogP) is 1.08. The molecule has 0 aromatic rings. The Morgan fingerprint density at radius 3 is 2.64 bits per heavy atom. The summed E-state index contributed by atoms with van der Waals surface area (Å²) in [5.41, 5.74) is -0.646. The summed E-state index contributed by atoms with van der Waals surface area (Å²) < 4.78 is 0. The van der Waals surface area contributed by atoms with E-state index in [1.807, 2.05) is 0 Å². The quantitative estimate of drug-likeness (QED) is 0.723. The zero-order valence-electron chi connectivity index (χ0n) is 8.29. The molecule has 0 aromatic heterocycles. The van der Waals surface area contributed by atoms with Gasteiger partial charge in [-0.2, -0.15) is 0 Å². The molecule has 4 nitrogen and oxygen atoms in total. The Labute approximate surface area is 87.8 Å². The predicted molar refractivity (Wildman–Crippen MR) is 52.3 cm³/mol. The highest BCUT2D eigenvalue weighted by atomic mass is 35.5. The summed E-state index contributed by atoms with van der Waals surface area (Å²) in [5, 5.41) is 8.51. The summed E-state index contributed by atoms with van der Waals surface area (Å²) in [7, 11) is 0. The standard InChI is InChI=1S/C9H14ClNO3/c1-9(2,4-8(13)14)11-5-6(10)3-7(11)12/h6H,3-5H2,1-2H3,(H,13,14). The number of halogens is 1. The normalized spacial score (nSPS) is 22.9. The highest BCUT2D eigenvalue weighted by Gasteiger charge is 2.39. The number of amides is 1. The van der Waals surface area contributed by atoms with E-state index in [1.165, 1.54) is 0 Å². The number of carbonyl (C=O) groups excluding carboxylic acids is 1. The molecule has 1 aliphatic heterocycles. The van der Waals surface area contributed by atoms with Crippen molar-refractivity contribution >= 4 is 23.5 Å². The van der Waals surface area contributed by atoms with Gasteiger partial charge in [-0.05, 0) is 13.8 Å². The van der Waals surface area contributed by atoms with Crippen LogP contribution in [0.2, 0.25) is 0 Å². The number of likely N-dealkylation sites (tertiary alicyclic amines) is 1. The Bertz CT molecular complexity index is 265. The molecule has 1 N–H and O–H groups in total. The molecule has 1 atom stereocenters. The molecule has 5 heteroatoms. The molecule has 0 spiro atoms. The summed E-state index contributed by atoms with van der Waals surface area (Å²) in [6, 6.07) is 0. The lowest BCUT2D eigenvalue weighted by atomic mass is 9.99. The van der Waals surface area contributed by atoms with E-state index in [9.17, 15) is 9.59 Å². The molecule has 1 unspecified atom stereocenters. The van der Waals surface area contributed by atoms with E-state index >= 15 is 0 Å². The summed E-state index contributed by atoms with van der Waals surface area (Å²) in [4.78, 5) is 23.6. The first kappa shape index (κ1) is 11.3. The maximum atomic E-state index is 11.5. The zero-order valence-corrected chi connectivity index (χ0v) is 9.04. The van der Waals surface area contributed by atoms with Crippen LogP contribution in [-0.2, 0) is 9.59 Å². The van der Waals surface area contributed by atoms with Gasteiger partial charge in [-0.25, -0.2) is 0 Å². The van der Waals surface area contributed by atoms with Crippen molar-refractivity contribution in [1.29, 1.82) is 0 Å². The number of hydrogen-bond donors (Lipinski definition) is 1. The Hall–Kier alpha value is -0.770. The van der Waals surface area contributed by atoms with E-state index in [0.29, 0.717) is 13.0 Å². The average molecular weight is 220 g/mol. The van der Waals surface area contributed by atoms with Crippen LogP contribution in [-0.4, -0.2) is 39.3 Å². The molecule has 1 amide bonds. The van der Waals surface area contributed by atoms with Gasteiger partial charge in [0.05, 0.1) is 11.8 Å². The lowest BCUT2D eigenvalue weighted by Crippen LogP contribution is -2.46. The van der Waals surface area contributed by atoms with Crippen molar-refractivity contribution in [2.45, 2.75) is 37.6 Å². The molecule has 0 aromatic carbocycles. The molecule has 80 valence electrons. The monoisotopic (exact) mass is 219 g/mol. The second-order valence-electron chi connectivity index (χ2n) is 4.19. The van der Waals surface area contributed by atoms with Gasteiger partial charge >= 0.3 is 5.97 Å². The smallest absolute Gasteiger partial charge is 0.305 e. The first-order chi connectivity index (χ1) is 6.33. The van der Waals surface area contributed by atoms with Crippen molar-refractivity contribution in [2.75, 3.05) is 6.54 Å². The number of carbonyl (C=O) groups is 2. The van der Waals surface area contributed by atoms with Crippen LogP contribution in [0.25, 0.3) is 0 Å². The second kappa shape index (κ2) is 3.77. The SMILES string of the molecule is CC(C)(CC(=O)O)N1CC(Cl)CC1=O. The molecule has 1 rings (SSSR count). The van der Waals surface area contributed by atoms with Gasteiger partial charge in [0.15, 0.2) is 0 Å². The van der Waals surface area contributed by atoms with Gasteiger partial charge in [0.1, 0.15) is 0 Å². The number of hydrogen-bond acceptors (Lipinski definition) is 2. The third-order valence-electron chi connectivity index (χ3n) is 2.39. The minimum Gasteiger partial charge on any atom is -0.481 e. The van der Waals surface area contributed by atoms with Gasteiger partial charge in [0.2, 0.25) is 5.91 Å². The van der Waals surface area contributed by atoms with Crippen molar-refractivity contribution in [3.8, 4) is 0 Å². The Morgan fingerprint density at radius 1 is 1.71 bits per heavy atom. The molecule has 0 saturated carbocycles. The highest BCUT2D eigenvalue weighted by Crippen LogP contribution is 2.27. The first-order valence-electron chi connectivity index (χ1n) is 4.49. The number of rotatable bonds is 3. The molecule has 0 bridgehead atoms. The summed E-state index contributed by atoms with van der Waals surface area (Å²) in [6.45, 7) is 3.93. The Balaban J connectivity index is 2.72. The molecule has 1 aliphatic rings. The fourth-order valence-corrected chi connectivity index (χ4v) is 1.98. The summed E-state index contributed by atoms with van der Waals surface area (Å²) in [6.07, 6.45) is 0.257. The van der Waals surface area contributed by atoms with Crippen LogP contribution in [0.3, 0.4) is 0 Å². The van der Waals surface area contributed by atoms with E-state index in [1.54, 1.807) is 18.7 Å². The van der Waals surface area contributed by atoms with Gasteiger partial charge < -0.3 is 10.0 Å². The molecule has 1 saturated heterocycles. The lowest BCUT2D eigenvalue weighted by molar-refractivity contribution is -0.142. The zero-order chi connectivity index (χ0) is 10.9. The van der Waals surface area contributed by atoms with Crippen LogP contribution < -0.4 is 0 Å². The molecule has 0 aliphatic carbocycles. The van der Waals surface area contributed by atoms with Crippen LogP contribution in [0, 0.1) is 0 Å². The third-order valence-corrected chi connectivity index (χ3v) is 2.68. The van der Waals surface area contributed by atoms with Crippen molar-refractivity contribution < 1.29 is 14.7 Å². The minimum absolute atomic E-state index is 0.0532. The minimum atomic E-state index is -0.902. The molecular formula is C9H14ClNO3. The largest absolute Gasteiger partial charge is 0.481 e. The van der Waals surface area contributed by atoms with E-state index in [2.05, 4.69) is 0 Å². The summed E-state index contributed by atoms with van der Waals surface area (Å²) in [5.74, 6) is -0.961. The second-order valence-corrected chi connectivity index (χ2v) is 4.81. The number of nitrogens with zero attached hydrogens (tertiary/aromatic N) is 1. The van der Waals surface area contributed by atoms with E-state index < -0.39 is 11.5 Å². The van der Waals surface area contributed by atoms with E-state index in [4.69, 9.17) is 16.7 Å². The van der Waals surface area contributed by atoms with Crippen LogP contribution in [0.4, 0.5) is 0 Å². The fraction of sp³-hybridized carbons (Fsp3) is 0.778. The molecule has 0 radical (unpaired) electrons. The first-order valence-corrected chi connectivity index (χ1v) is 4.93. The lowest BCUT2D eigenvalue weighted by Gasteiger charge is -2.34. The molecular weight excluding hydrogens is 206 g/mol. The Morgan fingerprint density at radius 2 is 2.29 bits per heavy atom. The van der Waals surface area contributed by atoms with Crippen LogP contribution in [0.15, 0.2) is 0 Å². The van der Waals surface area contributed by atoms with Gasteiger partial charge in [0, 0.05) is 18.5 Å². The summed E-state index contributed by atoms with van der Waals surface area (Å²) >= 11 is 5.83. The van der Waals surface area contributed by atoms with Gasteiger partial charge in [-0.1, -0.05) is 0 Å². The van der Waals surface area contributed by atoms with Crippen molar-refractivity contribution in [2.24, 2.45) is 0 Å². The number of alkyl halides is 1. The average Bonchev–Trinajstić information content (AvgIpc) is 2.27. The number of aliphatic carboxylic acids is 1. The van der Waals surface area contributed by atoms with Crippen LogP contribution >= 0.6 is 11.6 Å². The molecule has 14 heavy (non-hydrogen) atoms. The maximum absolute atomic E-state index is 11.5. The van der Waals surface area contributed by atoms with Crippen molar-refractivity contribution in [1.82, 2.24) is 4.90 Å². The van der Waals surface area contributed by atoms with Crippen molar-refractivity contribution in [3.05, 3.63) is 0 Å². The van der Waals surface area contributed by atoms with Gasteiger partial charge in [-0.3, -0.25) is 9.59 Å². The maximum Gasteiger partial charge on any atom is 0.305 e. The third kappa shape index (κ3) is 2.38. The van der Waals surface area contributed by atoms with Crippen molar-refractivity contribution in [3.63, 3.8) is 0 Å². The van der Waals surface area contributed by atoms with Gasteiger partial charge in [-0.15, -0.1) is 11.6 Å². The van der Waals surface area contributed by atoms with E-state index in [0.717, 1.165) is 0 Å². The topological polar surface area (TPSA) is 57.6 Å². The van der Waals surface area contributed by atoms with Gasteiger partial charge in [0.25, 0.3) is 0 Å². The number of carboxylic acid groups (broad SMARTS) is 1.